The van der Waals surface area contributed by atoms with E-state index >= 15 is 0 Å². The molecule has 0 unspecified atom stereocenters. The number of carbonyl (C=O) groups is 1. The van der Waals surface area contributed by atoms with Crippen LogP contribution in [0.3, 0.4) is 0 Å². The molecular weight excluding hydrogens is 268 g/mol. The highest BCUT2D eigenvalue weighted by Crippen LogP contribution is 2.10. The van der Waals surface area contributed by atoms with Gasteiger partial charge in [-0.15, -0.1) is 0 Å². The van der Waals surface area contributed by atoms with Crippen LogP contribution in [0.2, 0.25) is 0 Å². The zero-order valence-electron chi connectivity index (χ0n) is 11.7. The normalized spacial score (nSPS) is 10.3. The summed E-state index contributed by atoms with van der Waals surface area (Å²) in [5.74, 6) is 1.06. The first-order chi connectivity index (χ1) is 10.3. The van der Waals surface area contributed by atoms with Gasteiger partial charge in [-0.25, -0.2) is 5.43 Å². The van der Waals surface area contributed by atoms with Gasteiger partial charge >= 0.3 is 0 Å². The van der Waals surface area contributed by atoms with Gasteiger partial charge in [0, 0.05) is 0 Å². The Balaban J connectivity index is 1.79. The van der Waals surface area contributed by atoms with Crippen molar-refractivity contribution in [3.05, 3.63) is 60.2 Å². The summed E-state index contributed by atoms with van der Waals surface area (Å²) < 4.78 is 10.4. The molecule has 5 heteroatoms. The van der Waals surface area contributed by atoms with Crippen LogP contribution in [-0.4, -0.2) is 25.8 Å². The number of rotatable bonds is 6. The van der Waals surface area contributed by atoms with Crippen molar-refractivity contribution in [2.24, 2.45) is 5.10 Å². The molecule has 0 aliphatic rings. The lowest BCUT2D eigenvalue weighted by molar-refractivity contribution is -0.123. The third kappa shape index (κ3) is 4.99. The average Bonchev–Trinajstić information content (AvgIpc) is 2.54. The number of ether oxygens (including phenoxy) is 2. The van der Waals surface area contributed by atoms with E-state index in [4.69, 9.17) is 9.47 Å². The number of amides is 1. The lowest BCUT2D eigenvalue weighted by Gasteiger charge is -2.04. The van der Waals surface area contributed by atoms with Gasteiger partial charge in [-0.1, -0.05) is 30.3 Å². The molecule has 0 aliphatic heterocycles. The number of hydrazone groups is 1. The van der Waals surface area contributed by atoms with Crippen molar-refractivity contribution in [2.75, 3.05) is 13.7 Å². The number of nitrogens with zero attached hydrogens (tertiary/aromatic N) is 1. The number of benzene rings is 2. The molecule has 0 spiro atoms. The topological polar surface area (TPSA) is 59.9 Å². The molecule has 0 heterocycles. The van der Waals surface area contributed by atoms with Crippen LogP contribution in [0.5, 0.6) is 11.5 Å². The van der Waals surface area contributed by atoms with E-state index in [0.717, 1.165) is 11.3 Å². The minimum atomic E-state index is -0.321. The highest BCUT2D eigenvalue weighted by Gasteiger charge is 2.00. The van der Waals surface area contributed by atoms with Gasteiger partial charge in [-0.2, -0.15) is 5.10 Å². The van der Waals surface area contributed by atoms with Gasteiger partial charge in [0.25, 0.3) is 5.91 Å². The highest BCUT2D eigenvalue weighted by molar-refractivity contribution is 5.83. The maximum atomic E-state index is 11.6. The quantitative estimate of drug-likeness (QED) is 0.653. The second-order valence-electron chi connectivity index (χ2n) is 4.17. The standard InChI is InChI=1S/C16H16N2O3/c1-20-15-9-5-6-13(10-15)11-17-18-16(19)12-21-14-7-3-2-4-8-14/h2-11H,12H2,1H3,(H,18,19)/b17-11+. The van der Waals surface area contributed by atoms with E-state index in [1.807, 2.05) is 42.5 Å². The number of carbonyl (C=O) groups excluding carboxylic acids is 1. The second-order valence-corrected chi connectivity index (χ2v) is 4.17. The Hall–Kier alpha value is -2.82. The SMILES string of the molecule is COc1cccc(/C=N/NC(=O)COc2ccccc2)c1. The first kappa shape index (κ1) is 14.6. The van der Waals surface area contributed by atoms with Gasteiger partial charge in [-0.3, -0.25) is 4.79 Å². The van der Waals surface area contributed by atoms with E-state index in [0.29, 0.717) is 5.75 Å². The second kappa shape index (κ2) is 7.69. The minimum Gasteiger partial charge on any atom is -0.497 e. The van der Waals surface area contributed by atoms with Gasteiger partial charge in [0.15, 0.2) is 6.61 Å². The Morgan fingerprint density at radius 1 is 1.14 bits per heavy atom. The maximum absolute atomic E-state index is 11.6. The molecule has 0 fully saturated rings. The van der Waals surface area contributed by atoms with Crippen LogP contribution in [0.15, 0.2) is 59.7 Å². The Morgan fingerprint density at radius 3 is 2.67 bits per heavy atom. The number of methoxy groups -OCH3 is 1. The largest absolute Gasteiger partial charge is 0.497 e. The Morgan fingerprint density at radius 2 is 1.90 bits per heavy atom. The van der Waals surface area contributed by atoms with Gasteiger partial charge in [0.05, 0.1) is 13.3 Å². The Kier molecular flexibility index (Phi) is 5.34. The summed E-state index contributed by atoms with van der Waals surface area (Å²) in [5, 5.41) is 3.87. The molecule has 2 aromatic carbocycles. The fourth-order valence-electron chi connectivity index (χ4n) is 1.60. The molecule has 0 saturated heterocycles. The van der Waals surface area contributed by atoms with Crippen LogP contribution in [0.25, 0.3) is 0 Å². The number of hydrogen-bond acceptors (Lipinski definition) is 4. The van der Waals surface area contributed by atoms with Crippen molar-refractivity contribution in [2.45, 2.75) is 0 Å². The molecule has 0 aromatic heterocycles. The van der Waals surface area contributed by atoms with Crippen LogP contribution in [0.4, 0.5) is 0 Å². The molecule has 0 atom stereocenters. The molecule has 2 aromatic rings. The summed E-state index contributed by atoms with van der Waals surface area (Å²) in [6.07, 6.45) is 1.54. The van der Waals surface area contributed by atoms with Crippen molar-refractivity contribution in [1.29, 1.82) is 0 Å². The molecule has 0 aliphatic carbocycles. The van der Waals surface area contributed by atoms with E-state index in [9.17, 15) is 4.79 Å². The Bertz CT molecular complexity index is 612. The molecule has 108 valence electrons. The van der Waals surface area contributed by atoms with Crippen molar-refractivity contribution < 1.29 is 14.3 Å². The summed E-state index contributed by atoms with van der Waals surface area (Å²) in [4.78, 5) is 11.6. The smallest absolute Gasteiger partial charge is 0.277 e. The van der Waals surface area contributed by atoms with Crippen LogP contribution in [0.1, 0.15) is 5.56 Å². The van der Waals surface area contributed by atoms with Crippen LogP contribution < -0.4 is 14.9 Å². The fraction of sp³-hybridized carbons (Fsp3) is 0.125. The Labute approximate surface area is 123 Å². The van der Waals surface area contributed by atoms with Crippen molar-refractivity contribution in [3.8, 4) is 11.5 Å². The van der Waals surface area contributed by atoms with Crippen LogP contribution in [-0.2, 0) is 4.79 Å². The van der Waals surface area contributed by atoms with Gasteiger partial charge in [0.1, 0.15) is 11.5 Å². The number of hydrogen-bond donors (Lipinski definition) is 1. The molecule has 2 rings (SSSR count). The molecule has 1 N–H and O–H groups in total. The lowest BCUT2D eigenvalue weighted by atomic mass is 10.2. The lowest BCUT2D eigenvalue weighted by Crippen LogP contribution is -2.24. The predicted octanol–water partition coefficient (Wildman–Crippen LogP) is 2.22. The van der Waals surface area contributed by atoms with Gasteiger partial charge in [0.2, 0.25) is 0 Å². The van der Waals surface area contributed by atoms with E-state index in [2.05, 4.69) is 10.5 Å². The summed E-state index contributed by atoms with van der Waals surface area (Å²) in [5.41, 5.74) is 3.24. The summed E-state index contributed by atoms with van der Waals surface area (Å²) in [7, 11) is 1.60. The minimum absolute atomic E-state index is 0.0839. The fourth-order valence-corrected chi connectivity index (χ4v) is 1.60. The molecule has 0 radical (unpaired) electrons. The zero-order valence-corrected chi connectivity index (χ0v) is 11.7. The first-order valence-corrected chi connectivity index (χ1v) is 6.42. The highest BCUT2D eigenvalue weighted by atomic mass is 16.5. The molecule has 5 nitrogen and oxygen atoms in total. The van der Waals surface area contributed by atoms with Crippen molar-refractivity contribution >= 4 is 12.1 Å². The third-order valence-corrected chi connectivity index (χ3v) is 2.61. The van der Waals surface area contributed by atoms with Gasteiger partial charge in [-0.05, 0) is 29.8 Å². The van der Waals surface area contributed by atoms with Crippen molar-refractivity contribution in [3.63, 3.8) is 0 Å². The molecule has 1 amide bonds. The summed E-state index contributed by atoms with van der Waals surface area (Å²) >= 11 is 0. The number of para-hydroxylation sites is 1. The van der Waals surface area contributed by atoms with Gasteiger partial charge < -0.3 is 9.47 Å². The van der Waals surface area contributed by atoms with Crippen LogP contribution in [0, 0.1) is 0 Å². The molecule has 21 heavy (non-hydrogen) atoms. The van der Waals surface area contributed by atoms with E-state index in [1.165, 1.54) is 0 Å². The maximum Gasteiger partial charge on any atom is 0.277 e. The predicted molar refractivity (Wildman–Crippen MR) is 80.7 cm³/mol. The van der Waals surface area contributed by atoms with Crippen LogP contribution >= 0.6 is 0 Å². The monoisotopic (exact) mass is 284 g/mol. The number of nitrogens with one attached hydrogen (secondary N) is 1. The summed E-state index contributed by atoms with van der Waals surface area (Å²) in [6.45, 7) is -0.0839. The van der Waals surface area contributed by atoms with E-state index in [-0.39, 0.29) is 12.5 Å². The molecule has 0 bridgehead atoms. The first-order valence-electron chi connectivity index (χ1n) is 6.42. The summed E-state index contributed by atoms with van der Waals surface area (Å²) in [6, 6.07) is 16.5. The van der Waals surface area contributed by atoms with Crippen molar-refractivity contribution in [1.82, 2.24) is 5.43 Å². The average molecular weight is 284 g/mol. The molecule has 0 saturated carbocycles. The molecular formula is C16H16N2O3. The third-order valence-electron chi connectivity index (χ3n) is 2.61. The zero-order chi connectivity index (χ0) is 14.9. The van der Waals surface area contributed by atoms with E-state index in [1.54, 1.807) is 25.5 Å². The van der Waals surface area contributed by atoms with E-state index < -0.39 is 0 Å².